The molecule has 0 aliphatic heterocycles. The molecule has 0 amide bonds. The molecule has 0 radical (unpaired) electrons. The van der Waals surface area contributed by atoms with Crippen molar-refractivity contribution in [2.45, 2.75) is 42.4 Å². The normalized spacial score (nSPS) is 17.1. The van der Waals surface area contributed by atoms with Crippen LogP contribution in [0.3, 0.4) is 0 Å². The highest BCUT2D eigenvalue weighted by atomic mass is 32.2. The van der Waals surface area contributed by atoms with E-state index in [0.29, 0.717) is 10.3 Å². The second kappa shape index (κ2) is 5.67. The number of aromatic nitrogens is 1. The third-order valence-corrected chi connectivity index (χ3v) is 4.28. The lowest BCUT2D eigenvalue weighted by Gasteiger charge is -2.20. The summed E-state index contributed by atoms with van der Waals surface area (Å²) >= 11 is 1.44. The van der Waals surface area contributed by atoms with Gasteiger partial charge in [0.15, 0.2) is 17.5 Å². The van der Waals surface area contributed by atoms with Crippen molar-refractivity contribution >= 4 is 17.6 Å². The summed E-state index contributed by atoms with van der Waals surface area (Å²) in [5, 5.41) is 3.36. The Bertz CT molecular complexity index is 392. The smallest absolute Gasteiger partial charge is 0.168 e. The standard InChI is InChI=1S/C12H16F2N2S/c1-15-11-9(13)7-10(14)12(16-11)17-8-5-3-2-4-6-8/h7-8H,2-6H2,1H3,(H,15,16). The van der Waals surface area contributed by atoms with E-state index in [9.17, 15) is 8.78 Å². The van der Waals surface area contributed by atoms with Gasteiger partial charge < -0.3 is 5.32 Å². The molecule has 0 saturated heterocycles. The fraction of sp³-hybridized carbons (Fsp3) is 0.583. The van der Waals surface area contributed by atoms with Crippen LogP contribution in [0.15, 0.2) is 11.1 Å². The van der Waals surface area contributed by atoms with Gasteiger partial charge in [-0.3, -0.25) is 0 Å². The number of hydrogen-bond donors (Lipinski definition) is 1. The lowest BCUT2D eigenvalue weighted by atomic mass is 10.0. The minimum Gasteiger partial charge on any atom is -0.371 e. The van der Waals surface area contributed by atoms with Crippen LogP contribution in [0.2, 0.25) is 0 Å². The van der Waals surface area contributed by atoms with E-state index in [1.807, 2.05) is 0 Å². The highest BCUT2D eigenvalue weighted by Gasteiger charge is 2.19. The summed E-state index contributed by atoms with van der Waals surface area (Å²) in [4.78, 5) is 3.99. The van der Waals surface area contributed by atoms with Crippen molar-refractivity contribution in [3.05, 3.63) is 17.7 Å². The molecule has 17 heavy (non-hydrogen) atoms. The van der Waals surface area contributed by atoms with Crippen LogP contribution in [0.1, 0.15) is 32.1 Å². The zero-order valence-corrected chi connectivity index (χ0v) is 10.6. The molecule has 2 nitrogen and oxygen atoms in total. The third kappa shape index (κ3) is 3.09. The maximum atomic E-state index is 13.6. The van der Waals surface area contributed by atoms with Crippen LogP contribution in [0, 0.1) is 11.6 Å². The fourth-order valence-corrected chi connectivity index (χ4v) is 3.25. The molecule has 2 rings (SSSR count). The molecule has 0 unspecified atom stereocenters. The molecular formula is C12H16F2N2S. The number of nitrogens with one attached hydrogen (secondary N) is 1. The van der Waals surface area contributed by atoms with Crippen LogP contribution in [0.4, 0.5) is 14.6 Å². The van der Waals surface area contributed by atoms with Gasteiger partial charge >= 0.3 is 0 Å². The second-order valence-corrected chi connectivity index (χ2v) is 5.52. The quantitative estimate of drug-likeness (QED) is 0.892. The van der Waals surface area contributed by atoms with Crippen molar-refractivity contribution in [2.75, 3.05) is 12.4 Å². The van der Waals surface area contributed by atoms with Gasteiger partial charge in [0.1, 0.15) is 5.03 Å². The fourth-order valence-electron chi connectivity index (χ4n) is 2.05. The number of nitrogens with zero attached hydrogens (tertiary/aromatic N) is 1. The predicted molar refractivity (Wildman–Crippen MR) is 66.4 cm³/mol. The maximum Gasteiger partial charge on any atom is 0.168 e. The summed E-state index contributed by atoms with van der Waals surface area (Å²) in [5.41, 5.74) is 0. The minimum atomic E-state index is -0.641. The predicted octanol–water partition coefficient (Wildman–Crippen LogP) is 3.83. The number of anilines is 1. The number of hydrogen-bond acceptors (Lipinski definition) is 3. The van der Waals surface area contributed by atoms with E-state index in [1.165, 1.54) is 31.0 Å². The molecule has 0 bridgehead atoms. The van der Waals surface area contributed by atoms with E-state index in [1.54, 1.807) is 7.05 Å². The van der Waals surface area contributed by atoms with Crippen molar-refractivity contribution in [3.63, 3.8) is 0 Å². The highest BCUT2D eigenvalue weighted by Crippen LogP contribution is 2.34. The Labute approximate surface area is 104 Å². The zero-order chi connectivity index (χ0) is 12.3. The number of rotatable bonds is 3. The van der Waals surface area contributed by atoms with Crippen LogP contribution < -0.4 is 5.32 Å². The Balaban J connectivity index is 2.13. The average Bonchev–Trinajstić information content (AvgIpc) is 2.34. The molecule has 1 saturated carbocycles. The van der Waals surface area contributed by atoms with Gasteiger partial charge in [0.25, 0.3) is 0 Å². The second-order valence-electron chi connectivity index (χ2n) is 4.23. The van der Waals surface area contributed by atoms with Crippen molar-refractivity contribution < 1.29 is 8.78 Å². The summed E-state index contributed by atoms with van der Waals surface area (Å²) in [7, 11) is 1.58. The lowest BCUT2D eigenvalue weighted by Crippen LogP contribution is -2.09. The van der Waals surface area contributed by atoms with Crippen LogP contribution in [-0.4, -0.2) is 17.3 Å². The molecule has 94 valence electrons. The van der Waals surface area contributed by atoms with Gasteiger partial charge in [-0.15, -0.1) is 0 Å². The highest BCUT2D eigenvalue weighted by molar-refractivity contribution is 7.99. The first-order valence-corrected chi connectivity index (χ1v) is 6.79. The number of thioether (sulfide) groups is 1. The van der Waals surface area contributed by atoms with E-state index >= 15 is 0 Å². The summed E-state index contributed by atoms with van der Waals surface area (Å²) in [6, 6.07) is 0.907. The molecule has 1 aromatic rings. The van der Waals surface area contributed by atoms with Crippen molar-refractivity contribution in [2.24, 2.45) is 0 Å². The summed E-state index contributed by atoms with van der Waals surface area (Å²) in [6.45, 7) is 0. The van der Waals surface area contributed by atoms with Crippen LogP contribution in [0.25, 0.3) is 0 Å². The Morgan fingerprint density at radius 2 is 1.94 bits per heavy atom. The topological polar surface area (TPSA) is 24.9 Å². The molecule has 1 aliphatic carbocycles. The van der Waals surface area contributed by atoms with Gasteiger partial charge in [-0.2, -0.15) is 0 Å². The molecule has 0 aromatic carbocycles. The Morgan fingerprint density at radius 3 is 2.59 bits per heavy atom. The first-order valence-electron chi connectivity index (χ1n) is 5.91. The Morgan fingerprint density at radius 1 is 1.24 bits per heavy atom. The first kappa shape index (κ1) is 12.6. The van der Waals surface area contributed by atoms with Gasteiger partial charge in [0, 0.05) is 18.4 Å². The van der Waals surface area contributed by atoms with Gasteiger partial charge in [0.05, 0.1) is 0 Å². The summed E-state index contributed by atoms with van der Waals surface area (Å²) in [5.74, 6) is -1.08. The van der Waals surface area contributed by atoms with Crippen molar-refractivity contribution in [1.29, 1.82) is 0 Å². The Hall–Kier alpha value is -0.840. The number of halogens is 2. The average molecular weight is 258 g/mol. The monoisotopic (exact) mass is 258 g/mol. The molecule has 5 heteroatoms. The van der Waals surface area contributed by atoms with Gasteiger partial charge in [-0.1, -0.05) is 31.0 Å². The Kier molecular flexibility index (Phi) is 4.20. The van der Waals surface area contributed by atoms with E-state index in [0.717, 1.165) is 18.9 Å². The molecule has 1 aromatic heterocycles. The van der Waals surface area contributed by atoms with E-state index < -0.39 is 11.6 Å². The zero-order valence-electron chi connectivity index (χ0n) is 9.80. The first-order chi connectivity index (χ1) is 8.20. The van der Waals surface area contributed by atoms with E-state index in [-0.39, 0.29) is 5.82 Å². The van der Waals surface area contributed by atoms with Crippen LogP contribution in [-0.2, 0) is 0 Å². The van der Waals surface area contributed by atoms with Crippen molar-refractivity contribution in [3.8, 4) is 0 Å². The summed E-state index contributed by atoms with van der Waals surface area (Å²) < 4.78 is 26.8. The molecular weight excluding hydrogens is 242 g/mol. The lowest BCUT2D eigenvalue weighted by molar-refractivity contribution is 0.512. The van der Waals surface area contributed by atoms with E-state index in [4.69, 9.17) is 0 Å². The van der Waals surface area contributed by atoms with Gasteiger partial charge in [-0.05, 0) is 12.8 Å². The summed E-state index contributed by atoms with van der Waals surface area (Å²) in [6.07, 6.45) is 5.84. The molecule has 1 N–H and O–H groups in total. The molecule has 1 fully saturated rings. The largest absolute Gasteiger partial charge is 0.371 e. The maximum absolute atomic E-state index is 13.6. The minimum absolute atomic E-state index is 0.115. The van der Waals surface area contributed by atoms with E-state index in [2.05, 4.69) is 10.3 Å². The SMILES string of the molecule is CNc1nc(SC2CCCCC2)c(F)cc1F. The number of pyridine rings is 1. The van der Waals surface area contributed by atoms with Crippen LogP contribution >= 0.6 is 11.8 Å². The molecule has 1 heterocycles. The molecule has 1 aliphatic rings. The van der Waals surface area contributed by atoms with Gasteiger partial charge in [-0.25, -0.2) is 13.8 Å². The molecule has 0 atom stereocenters. The van der Waals surface area contributed by atoms with Crippen LogP contribution in [0.5, 0.6) is 0 Å². The third-order valence-electron chi connectivity index (χ3n) is 2.96. The molecule has 0 spiro atoms. The van der Waals surface area contributed by atoms with Crippen molar-refractivity contribution in [1.82, 2.24) is 4.98 Å². The van der Waals surface area contributed by atoms with Gasteiger partial charge in [0.2, 0.25) is 0 Å².